The van der Waals surface area contributed by atoms with Gasteiger partial charge in [-0.3, -0.25) is 4.79 Å². The van der Waals surface area contributed by atoms with Gasteiger partial charge in [0, 0.05) is 18.9 Å². The van der Waals surface area contributed by atoms with Gasteiger partial charge in [-0.2, -0.15) is 4.98 Å². The van der Waals surface area contributed by atoms with Crippen LogP contribution in [0.3, 0.4) is 0 Å². The molecule has 5 heteroatoms. The maximum Gasteiger partial charge on any atom is 0.311 e. The molecule has 0 spiro atoms. The topological polar surface area (TPSA) is 65.2 Å². The number of carbonyl (C=O) groups is 1. The SMILES string of the molecule is CCCCC(=O)Oc1ccc(-c2noc(C)n2)cc1. The number of rotatable bonds is 5. The summed E-state index contributed by atoms with van der Waals surface area (Å²) in [6.45, 7) is 3.77. The van der Waals surface area contributed by atoms with E-state index in [2.05, 4.69) is 10.1 Å². The predicted molar refractivity (Wildman–Crippen MR) is 69.6 cm³/mol. The third kappa shape index (κ3) is 3.64. The Morgan fingerprint density at radius 1 is 1.32 bits per heavy atom. The monoisotopic (exact) mass is 260 g/mol. The van der Waals surface area contributed by atoms with Crippen LogP contribution in [0.25, 0.3) is 11.4 Å². The molecule has 0 aliphatic heterocycles. The highest BCUT2D eigenvalue weighted by molar-refractivity contribution is 5.72. The highest BCUT2D eigenvalue weighted by atomic mass is 16.5. The van der Waals surface area contributed by atoms with Crippen LogP contribution in [0.2, 0.25) is 0 Å². The minimum atomic E-state index is -0.204. The Hall–Kier alpha value is -2.17. The summed E-state index contributed by atoms with van der Waals surface area (Å²) in [5.74, 6) is 1.38. The maximum absolute atomic E-state index is 11.5. The van der Waals surface area contributed by atoms with Crippen LogP contribution in [0.5, 0.6) is 5.75 Å². The summed E-state index contributed by atoms with van der Waals surface area (Å²) in [6.07, 6.45) is 2.27. The van der Waals surface area contributed by atoms with E-state index in [1.165, 1.54) is 0 Å². The molecule has 0 saturated carbocycles. The average molecular weight is 260 g/mol. The summed E-state index contributed by atoms with van der Waals surface area (Å²) in [5, 5.41) is 3.82. The number of unbranched alkanes of at least 4 members (excludes halogenated alkanes) is 1. The quantitative estimate of drug-likeness (QED) is 0.610. The van der Waals surface area contributed by atoms with Crippen molar-refractivity contribution in [3.8, 4) is 17.1 Å². The smallest absolute Gasteiger partial charge is 0.311 e. The Bertz CT molecular complexity index is 546. The summed E-state index contributed by atoms with van der Waals surface area (Å²) < 4.78 is 10.1. The number of hydrogen-bond donors (Lipinski definition) is 0. The molecule has 0 fully saturated rings. The molecule has 5 nitrogen and oxygen atoms in total. The molecular weight excluding hydrogens is 244 g/mol. The Morgan fingerprint density at radius 3 is 2.63 bits per heavy atom. The molecule has 19 heavy (non-hydrogen) atoms. The zero-order valence-electron chi connectivity index (χ0n) is 11.0. The van der Waals surface area contributed by atoms with Gasteiger partial charge in [0.05, 0.1) is 0 Å². The highest BCUT2D eigenvalue weighted by Gasteiger charge is 2.07. The van der Waals surface area contributed by atoms with E-state index in [-0.39, 0.29) is 5.97 Å². The number of ether oxygens (including phenoxy) is 1. The van der Waals surface area contributed by atoms with Gasteiger partial charge in [0.15, 0.2) is 0 Å². The number of esters is 1. The lowest BCUT2D eigenvalue weighted by atomic mass is 10.2. The fourth-order valence-electron chi connectivity index (χ4n) is 1.59. The molecular formula is C14H16N2O3. The van der Waals surface area contributed by atoms with Gasteiger partial charge in [-0.1, -0.05) is 18.5 Å². The van der Waals surface area contributed by atoms with Gasteiger partial charge in [-0.15, -0.1) is 0 Å². The lowest BCUT2D eigenvalue weighted by Gasteiger charge is -2.03. The predicted octanol–water partition coefficient (Wildman–Crippen LogP) is 3.14. The zero-order chi connectivity index (χ0) is 13.7. The summed E-state index contributed by atoms with van der Waals surface area (Å²) in [4.78, 5) is 15.6. The second-order valence-corrected chi connectivity index (χ2v) is 4.24. The van der Waals surface area contributed by atoms with Crippen LogP contribution in [0.15, 0.2) is 28.8 Å². The van der Waals surface area contributed by atoms with Gasteiger partial charge in [-0.05, 0) is 30.7 Å². The van der Waals surface area contributed by atoms with Crippen molar-refractivity contribution in [2.24, 2.45) is 0 Å². The molecule has 0 aliphatic rings. The molecule has 1 aromatic heterocycles. The van der Waals surface area contributed by atoms with E-state index in [0.717, 1.165) is 18.4 Å². The van der Waals surface area contributed by atoms with E-state index in [4.69, 9.17) is 9.26 Å². The number of benzene rings is 1. The molecule has 1 aromatic carbocycles. The van der Waals surface area contributed by atoms with Crippen molar-refractivity contribution in [2.75, 3.05) is 0 Å². The lowest BCUT2D eigenvalue weighted by Crippen LogP contribution is -2.07. The van der Waals surface area contributed by atoms with Crippen LogP contribution in [0.1, 0.15) is 32.1 Å². The molecule has 1 heterocycles. The van der Waals surface area contributed by atoms with Crippen LogP contribution in [0, 0.1) is 6.92 Å². The van der Waals surface area contributed by atoms with Crippen LogP contribution in [-0.4, -0.2) is 16.1 Å². The maximum atomic E-state index is 11.5. The van der Waals surface area contributed by atoms with E-state index < -0.39 is 0 Å². The molecule has 100 valence electrons. The van der Waals surface area contributed by atoms with E-state index in [1.54, 1.807) is 31.2 Å². The number of nitrogens with zero attached hydrogens (tertiary/aromatic N) is 2. The third-order valence-electron chi connectivity index (χ3n) is 2.61. The summed E-state index contributed by atoms with van der Waals surface area (Å²) in [6, 6.07) is 7.05. The van der Waals surface area contributed by atoms with Crippen molar-refractivity contribution in [3.63, 3.8) is 0 Å². The van der Waals surface area contributed by atoms with Gasteiger partial charge in [0.25, 0.3) is 0 Å². The van der Waals surface area contributed by atoms with Gasteiger partial charge in [0.1, 0.15) is 5.75 Å². The fraction of sp³-hybridized carbons (Fsp3) is 0.357. The largest absolute Gasteiger partial charge is 0.427 e. The Morgan fingerprint density at radius 2 is 2.05 bits per heavy atom. The number of aryl methyl sites for hydroxylation is 1. The summed E-state index contributed by atoms with van der Waals surface area (Å²) in [5.41, 5.74) is 0.824. The molecule has 2 rings (SSSR count). The van der Waals surface area contributed by atoms with Crippen LogP contribution >= 0.6 is 0 Å². The molecule has 0 N–H and O–H groups in total. The molecule has 0 aliphatic carbocycles. The second-order valence-electron chi connectivity index (χ2n) is 4.24. The Balaban J connectivity index is 2.00. The first-order valence-corrected chi connectivity index (χ1v) is 6.30. The van der Waals surface area contributed by atoms with Gasteiger partial charge >= 0.3 is 5.97 Å². The minimum Gasteiger partial charge on any atom is -0.427 e. The molecule has 0 atom stereocenters. The second kappa shape index (κ2) is 6.13. The normalized spacial score (nSPS) is 10.4. The van der Waals surface area contributed by atoms with Gasteiger partial charge < -0.3 is 9.26 Å². The van der Waals surface area contributed by atoms with Crippen LogP contribution < -0.4 is 4.74 Å². The van der Waals surface area contributed by atoms with Gasteiger partial charge in [-0.25, -0.2) is 0 Å². The molecule has 0 amide bonds. The molecule has 0 bridgehead atoms. The highest BCUT2D eigenvalue weighted by Crippen LogP contribution is 2.20. The van der Waals surface area contributed by atoms with Crippen molar-refractivity contribution in [1.82, 2.24) is 10.1 Å². The molecule has 0 radical (unpaired) electrons. The van der Waals surface area contributed by atoms with E-state index in [0.29, 0.717) is 23.9 Å². The fourth-order valence-corrected chi connectivity index (χ4v) is 1.59. The van der Waals surface area contributed by atoms with Crippen molar-refractivity contribution in [3.05, 3.63) is 30.2 Å². The van der Waals surface area contributed by atoms with Crippen molar-refractivity contribution in [1.29, 1.82) is 0 Å². The standard InChI is InChI=1S/C14H16N2O3/c1-3-4-5-13(17)18-12-8-6-11(7-9-12)14-15-10(2)19-16-14/h6-9H,3-5H2,1-2H3. The first kappa shape index (κ1) is 13.3. The van der Waals surface area contributed by atoms with Gasteiger partial charge in [0.2, 0.25) is 11.7 Å². The number of carbonyl (C=O) groups excluding carboxylic acids is 1. The van der Waals surface area contributed by atoms with E-state index in [1.807, 2.05) is 6.92 Å². The van der Waals surface area contributed by atoms with Crippen molar-refractivity contribution < 1.29 is 14.1 Å². The molecule has 0 unspecified atom stereocenters. The minimum absolute atomic E-state index is 0.204. The molecule has 2 aromatic rings. The first-order valence-electron chi connectivity index (χ1n) is 6.30. The first-order chi connectivity index (χ1) is 9.19. The van der Waals surface area contributed by atoms with Crippen LogP contribution in [-0.2, 0) is 4.79 Å². The summed E-state index contributed by atoms with van der Waals surface area (Å²) in [7, 11) is 0. The Kier molecular flexibility index (Phi) is 4.28. The Labute approximate surface area is 111 Å². The lowest BCUT2D eigenvalue weighted by molar-refractivity contribution is -0.134. The van der Waals surface area contributed by atoms with Crippen molar-refractivity contribution in [2.45, 2.75) is 33.1 Å². The average Bonchev–Trinajstić information content (AvgIpc) is 2.84. The number of hydrogen-bond acceptors (Lipinski definition) is 5. The van der Waals surface area contributed by atoms with E-state index >= 15 is 0 Å². The molecule has 0 saturated heterocycles. The van der Waals surface area contributed by atoms with Crippen molar-refractivity contribution >= 4 is 5.97 Å². The summed E-state index contributed by atoms with van der Waals surface area (Å²) >= 11 is 0. The number of aromatic nitrogens is 2. The third-order valence-corrected chi connectivity index (χ3v) is 2.61. The zero-order valence-corrected chi connectivity index (χ0v) is 11.0. The van der Waals surface area contributed by atoms with Crippen LogP contribution in [0.4, 0.5) is 0 Å². The van der Waals surface area contributed by atoms with E-state index in [9.17, 15) is 4.79 Å².